The van der Waals surface area contributed by atoms with Crippen LogP contribution in [0.2, 0.25) is 0 Å². The molecule has 2 aromatic rings. The largest absolute Gasteiger partial charge is 0.444 e. The van der Waals surface area contributed by atoms with E-state index in [1.54, 1.807) is 48.5 Å². The van der Waals surface area contributed by atoms with Crippen LogP contribution in [-0.2, 0) is 4.74 Å². The number of halogens is 3. The van der Waals surface area contributed by atoms with Gasteiger partial charge in [-0.2, -0.15) is 8.78 Å². The zero-order chi connectivity index (χ0) is 14.9. The molecule has 21 heavy (non-hydrogen) atoms. The Bertz CT molecular complexity index is 726. The number of alkyl halides is 2. The number of aliphatic imine (C=N–C) groups is 1. The van der Waals surface area contributed by atoms with Gasteiger partial charge in [-0.1, -0.05) is 42.5 Å². The third kappa shape index (κ3) is 2.88. The van der Waals surface area contributed by atoms with Crippen molar-refractivity contribution in [3.8, 4) is 0 Å². The number of nitrogens with zero attached hydrogens (tertiary/aromatic N) is 1. The van der Waals surface area contributed by atoms with Crippen LogP contribution in [-0.4, -0.2) is 11.8 Å². The molecule has 0 aliphatic carbocycles. The van der Waals surface area contributed by atoms with E-state index in [0.717, 1.165) is 0 Å². The van der Waals surface area contributed by atoms with Gasteiger partial charge in [-0.05, 0) is 28.1 Å². The van der Waals surface area contributed by atoms with Gasteiger partial charge in [0, 0.05) is 16.1 Å². The highest BCUT2D eigenvalue weighted by molar-refractivity contribution is 9.10. The molecule has 0 aromatic heterocycles. The lowest BCUT2D eigenvalue weighted by Gasteiger charge is -2.12. The Morgan fingerprint density at radius 3 is 2.33 bits per heavy atom. The van der Waals surface area contributed by atoms with Gasteiger partial charge >= 0.3 is 6.11 Å². The van der Waals surface area contributed by atoms with E-state index in [2.05, 4.69) is 20.9 Å². The second-order valence-electron chi connectivity index (χ2n) is 4.44. The molecule has 3 rings (SSSR count). The van der Waals surface area contributed by atoms with Crippen molar-refractivity contribution in [3.63, 3.8) is 0 Å². The van der Waals surface area contributed by atoms with Gasteiger partial charge in [0.15, 0.2) is 5.71 Å². The topological polar surface area (TPSA) is 21.6 Å². The molecular weight excluding hydrogens is 340 g/mol. The maximum Gasteiger partial charge on any atom is 0.444 e. The lowest BCUT2D eigenvalue weighted by atomic mass is 10.2. The number of hydrogen-bond acceptors (Lipinski definition) is 2. The van der Waals surface area contributed by atoms with Crippen LogP contribution < -0.4 is 0 Å². The minimum absolute atomic E-state index is 0.117. The average molecular weight is 350 g/mol. The second-order valence-corrected chi connectivity index (χ2v) is 5.30. The molecule has 0 unspecified atom stereocenters. The zero-order valence-electron chi connectivity index (χ0n) is 10.8. The number of rotatable bonds is 2. The van der Waals surface area contributed by atoms with Crippen molar-refractivity contribution in [2.24, 2.45) is 4.99 Å². The Kier molecular flexibility index (Phi) is 3.59. The van der Waals surface area contributed by atoms with Gasteiger partial charge in [-0.3, -0.25) is 0 Å². The third-order valence-electron chi connectivity index (χ3n) is 2.96. The lowest BCUT2D eigenvalue weighted by Crippen LogP contribution is -2.24. The van der Waals surface area contributed by atoms with E-state index in [1.807, 2.05) is 6.07 Å². The Labute approximate surface area is 128 Å². The molecule has 0 fully saturated rings. The predicted octanol–water partition coefficient (Wildman–Crippen LogP) is 5.19. The molecule has 5 heteroatoms. The summed E-state index contributed by atoms with van der Waals surface area (Å²) in [6.07, 6.45) is -2.16. The van der Waals surface area contributed by atoms with Crippen LogP contribution in [0.5, 0.6) is 0 Å². The Morgan fingerprint density at radius 1 is 0.952 bits per heavy atom. The van der Waals surface area contributed by atoms with Gasteiger partial charge in [0.05, 0.1) is 5.69 Å². The van der Waals surface area contributed by atoms with Crippen molar-refractivity contribution < 1.29 is 13.5 Å². The van der Waals surface area contributed by atoms with Gasteiger partial charge in [0.2, 0.25) is 0 Å². The van der Waals surface area contributed by atoms with Crippen molar-refractivity contribution >= 4 is 33.1 Å². The normalized spacial score (nSPS) is 18.4. The van der Waals surface area contributed by atoms with E-state index in [1.165, 1.54) is 6.08 Å². The van der Waals surface area contributed by atoms with Crippen molar-refractivity contribution in [2.45, 2.75) is 6.11 Å². The Hall–Kier alpha value is -2.01. The van der Waals surface area contributed by atoms with E-state index >= 15 is 0 Å². The fraction of sp³-hybridized carbons (Fsp3) is 0.0625. The molecule has 0 atom stereocenters. The predicted molar refractivity (Wildman–Crippen MR) is 81.7 cm³/mol. The summed E-state index contributed by atoms with van der Waals surface area (Å²) in [5.74, 6) is 0.117. The van der Waals surface area contributed by atoms with E-state index in [-0.39, 0.29) is 5.76 Å². The van der Waals surface area contributed by atoms with E-state index < -0.39 is 11.8 Å². The molecule has 2 aromatic carbocycles. The van der Waals surface area contributed by atoms with Gasteiger partial charge < -0.3 is 4.74 Å². The number of ether oxygens (including phenoxy) is 1. The van der Waals surface area contributed by atoms with E-state index in [4.69, 9.17) is 4.74 Å². The molecule has 0 bridgehead atoms. The lowest BCUT2D eigenvalue weighted by molar-refractivity contribution is -0.125. The van der Waals surface area contributed by atoms with Crippen molar-refractivity contribution in [1.82, 2.24) is 0 Å². The highest BCUT2D eigenvalue weighted by Crippen LogP contribution is 2.36. The molecule has 0 spiro atoms. The van der Waals surface area contributed by atoms with Crippen molar-refractivity contribution in [1.29, 1.82) is 0 Å². The Balaban J connectivity index is 2.02. The fourth-order valence-corrected chi connectivity index (χ4v) is 2.32. The number of hydrogen-bond donors (Lipinski definition) is 0. The summed E-state index contributed by atoms with van der Waals surface area (Å²) in [7, 11) is 0. The van der Waals surface area contributed by atoms with Crippen LogP contribution in [0.15, 0.2) is 70.1 Å². The van der Waals surface area contributed by atoms with Gasteiger partial charge in [-0.15, -0.1) is 0 Å². The smallest absolute Gasteiger partial charge is 0.427 e. The average Bonchev–Trinajstić information content (AvgIpc) is 2.78. The first-order valence-electron chi connectivity index (χ1n) is 6.24. The highest BCUT2D eigenvalue weighted by atomic mass is 79.9. The van der Waals surface area contributed by atoms with Crippen LogP contribution in [0.25, 0.3) is 5.76 Å². The summed E-state index contributed by atoms with van der Waals surface area (Å²) < 4.78 is 33.3. The summed E-state index contributed by atoms with van der Waals surface area (Å²) in [6.45, 7) is 0. The third-order valence-corrected chi connectivity index (χ3v) is 3.63. The maximum absolute atomic E-state index is 13.9. The summed E-state index contributed by atoms with van der Waals surface area (Å²) in [5.41, 5.74) is 0.615. The standard InChI is InChI=1S/C16H10BrF2NO/c17-12-8-4-5-9-13(12)20-15-10-14(21-16(15,18)19)11-6-2-1-3-7-11/h1-10H. The summed E-state index contributed by atoms with van der Waals surface area (Å²) in [4.78, 5) is 4.00. The van der Waals surface area contributed by atoms with Crippen LogP contribution in [0.1, 0.15) is 5.56 Å². The summed E-state index contributed by atoms with van der Waals surface area (Å²) >= 11 is 3.29. The maximum atomic E-state index is 13.9. The van der Waals surface area contributed by atoms with Gasteiger partial charge in [0.1, 0.15) is 5.76 Å². The first-order chi connectivity index (χ1) is 10.1. The van der Waals surface area contributed by atoms with Crippen molar-refractivity contribution in [2.75, 3.05) is 0 Å². The number of benzene rings is 2. The minimum Gasteiger partial charge on any atom is -0.427 e. The second kappa shape index (κ2) is 5.41. The van der Waals surface area contributed by atoms with Crippen LogP contribution in [0.4, 0.5) is 14.5 Å². The molecule has 0 radical (unpaired) electrons. The number of para-hydroxylation sites is 1. The zero-order valence-corrected chi connectivity index (χ0v) is 12.3. The summed E-state index contributed by atoms with van der Waals surface area (Å²) in [5, 5.41) is 0. The highest BCUT2D eigenvalue weighted by Gasteiger charge is 2.44. The van der Waals surface area contributed by atoms with Gasteiger partial charge in [0.25, 0.3) is 0 Å². The molecule has 0 saturated heterocycles. The molecule has 1 aliphatic rings. The van der Waals surface area contributed by atoms with Crippen LogP contribution >= 0.6 is 15.9 Å². The fourth-order valence-electron chi connectivity index (χ4n) is 1.94. The quantitative estimate of drug-likeness (QED) is 0.731. The molecular formula is C16H10BrF2NO. The molecule has 0 N–H and O–H groups in total. The molecule has 0 amide bonds. The molecule has 1 heterocycles. The van der Waals surface area contributed by atoms with Crippen LogP contribution in [0.3, 0.4) is 0 Å². The van der Waals surface area contributed by atoms with Gasteiger partial charge in [-0.25, -0.2) is 4.99 Å². The molecule has 106 valence electrons. The van der Waals surface area contributed by atoms with Crippen LogP contribution in [0, 0.1) is 0 Å². The first-order valence-corrected chi connectivity index (χ1v) is 7.03. The molecule has 2 nitrogen and oxygen atoms in total. The van der Waals surface area contributed by atoms with E-state index in [9.17, 15) is 8.78 Å². The summed E-state index contributed by atoms with van der Waals surface area (Å²) in [6, 6.07) is 15.7. The molecule has 1 aliphatic heterocycles. The monoisotopic (exact) mass is 349 g/mol. The van der Waals surface area contributed by atoms with E-state index in [0.29, 0.717) is 15.7 Å². The van der Waals surface area contributed by atoms with Crippen molar-refractivity contribution in [3.05, 3.63) is 70.7 Å². The SMILES string of the molecule is FC1(F)OC(c2ccccc2)=CC1=Nc1ccccc1Br. The minimum atomic E-state index is -3.43. The molecule has 0 saturated carbocycles. The Morgan fingerprint density at radius 2 is 1.62 bits per heavy atom. The first kappa shape index (κ1) is 13.9.